The fourth-order valence-corrected chi connectivity index (χ4v) is 2.05. The lowest BCUT2D eigenvalue weighted by Gasteiger charge is -2.20. The minimum Gasteiger partial charge on any atom is -0.369 e. The van der Waals surface area contributed by atoms with Crippen molar-refractivity contribution in [1.82, 2.24) is 0 Å². The van der Waals surface area contributed by atoms with E-state index >= 15 is 0 Å². The Morgan fingerprint density at radius 3 is 2.68 bits per heavy atom. The molecule has 0 aliphatic carbocycles. The van der Waals surface area contributed by atoms with E-state index in [0.29, 0.717) is 22.7 Å². The highest BCUT2D eigenvalue weighted by Gasteiger charge is 2.10. The average molecular weight is 275 g/mol. The van der Waals surface area contributed by atoms with Crippen LogP contribution in [0.1, 0.15) is 11.1 Å². The first-order valence-corrected chi connectivity index (χ1v) is 6.14. The second kappa shape index (κ2) is 5.73. The van der Waals surface area contributed by atoms with Gasteiger partial charge in [0, 0.05) is 24.2 Å². The molecule has 4 heteroatoms. The lowest BCUT2D eigenvalue weighted by atomic mass is 10.1. The summed E-state index contributed by atoms with van der Waals surface area (Å²) in [7, 11) is 1.82. The molecule has 2 aromatic carbocycles. The smallest absolute Gasteiger partial charge is 0.129 e. The van der Waals surface area contributed by atoms with Crippen LogP contribution in [0, 0.1) is 17.1 Å². The monoisotopic (exact) mass is 274 g/mol. The Morgan fingerprint density at radius 2 is 2.00 bits per heavy atom. The van der Waals surface area contributed by atoms with E-state index in [1.807, 2.05) is 24.1 Å². The SMILES string of the molecule is CN(Cc1ccc(Cl)cc1F)c1ccccc1C#N. The zero-order valence-electron chi connectivity index (χ0n) is 10.4. The summed E-state index contributed by atoms with van der Waals surface area (Å²) in [5.74, 6) is -0.339. The number of nitriles is 1. The van der Waals surface area contributed by atoms with Gasteiger partial charge in [-0.3, -0.25) is 0 Å². The summed E-state index contributed by atoms with van der Waals surface area (Å²) >= 11 is 5.72. The first-order chi connectivity index (χ1) is 9.11. The highest BCUT2D eigenvalue weighted by atomic mass is 35.5. The predicted octanol–water partition coefficient (Wildman–Crippen LogP) is 3.99. The maximum Gasteiger partial charge on any atom is 0.129 e. The van der Waals surface area contributed by atoms with E-state index < -0.39 is 0 Å². The van der Waals surface area contributed by atoms with Gasteiger partial charge in [0.25, 0.3) is 0 Å². The summed E-state index contributed by atoms with van der Waals surface area (Å²) in [5, 5.41) is 9.43. The molecule has 0 saturated carbocycles. The summed E-state index contributed by atoms with van der Waals surface area (Å²) in [6.45, 7) is 0.377. The quantitative estimate of drug-likeness (QED) is 0.846. The molecule has 0 fully saturated rings. The molecule has 0 aromatic heterocycles. The zero-order valence-corrected chi connectivity index (χ0v) is 11.2. The molecule has 96 valence electrons. The Kier molecular flexibility index (Phi) is 4.03. The zero-order chi connectivity index (χ0) is 13.8. The number of nitrogens with zero attached hydrogens (tertiary/aromatic N) is 2. The molecule has 19 heavy (non-hydrogen) atoms. The maximum absolute atomic E-state index is 13.7. The standard InChI is InChI=1S/C15H12ClFN2/c1-19(15-5-3-2-4-11(15)9-18)10-12-6-7-13(16)8-14(12)17/h2-8H,10H2,1H3. The van der Waals surface area contributed by atoms with E-state index in [1.54, 1.807) is 24.3 Å². The molecule has 2 nitrogen and oxygen atoms in total. The topological polar surface area (TPSA) is 27.0 Å². The lowest BCUT2D eigenvalue weighted by molar-refractivity contribution is 0.608. The summed E-state index contributed by atoms with van der Waals surface area (Å²) in [6, 6.07) is 14.0. The van der Waals surface area contributed by atoms with Crippen molar-refractivity contribution < 1.29 is 4.39 Å². The summed E-state index contributed by atoms with van der Waals surface area (Å²) in [6.07, 6.45) is 0. The second-order valence-electron chi connectivity index (χ2n) is 4.22. The van der Waals surface area contributed by atoms with Crippen LogP contribution < -0.4 is 4.90 Å². The minimum atomic E-state index is -0.339. The third kappa shape index (κ3) is 3.04. The van der Waals surface area contributed by atoms with Gasteiger partial charge in [-0.05, 0) is 24.3 Å². The highest BCUT2D eigenvalue weighted by Crippen LogP contribution is 2.22. The van der Waals surface area contributed by atoms with Gasteiger partial charge in [-0.1, -0.05) is 29.8 Å². The van der Waals surface area contributed by atoms with Gasteiger partial charge < -0.3 is 4.90 Å². The Labute approximate surface area is 116 Å². The van der Waals surface area contributed by atoms with Gasteiger partial charge in [0.1, 0.15) is 11.9 Å². The molecule has 0 heterocycles. The fraction of sp³-hybridized carbons (Fsp3) is 0.133. The van der Waals surface area contributed by atoms with Crippen molar-refractivity contribution in [2.45, 2.75) is 6.54 Å². The largest absolute Gasteiger partial charge is 0.369 e. The van der Waals surface area contributed by atoms with Crippen LogP contribution in [-0.2, 0) is 6.54 Å². The molecule has 0 saturated heterocycles. The van der Waals surface area contributed by atoms with E-state index in [2.05, 4.69) is 6.07 Å². The van der Waals surface area contributed by atoms with Crippen LogP contribution in [0.4, 0.5) is 10.1 Å². The normalized spacial score (nSPS) is 10.0. The first-order valence-electron chi connectivity index (χ1n) is 5.76. The molecule has 0 amide bonds. The van der Waals surface area contributed by atoms with Crippen LogP contribution in [-0.4, -0.2) is 7.05 Å². The van der Waals surface area contributed by atoms with Gasteiger partial charge in [-0.2, -0.15) is 5.26 Å². The lowest BCUT2D eigenvalue weighted by Crippen LogP contribution is -2.18. The van der Waals surface area contributed by atoms with Gasteiger partial charge in [-0.25, -0.2) is 4.39 Å². The maximum atomic E-state index is 13.7. The number of anilines is 1. The third-order valence-electron chi connectivity index (χ3n) is 2.86. The van der Waals surface area contributed by atoms with Gasteiger partial charge in [0.05, 0.1) is 11.3 Å². The Balaban J connectivity index is 2.26. The van der Waals surface area contributed by atoms with Crippen LogP contribution >= 0.6 is 11.6 Å². The molecular formula is C15H12ClFN2. The van der Waals surface area contributed by atoms with E-state index in [0.717, 1.165) is 5.69 Å². The van der Waals surface area contributed by atoms with Gasteiger partial charge in [-0.15, -0.1) is 0 Å². The molecule has 0 atom stereocenters. The van der Waals surface area contributed by atoms with Crippen LogP contribution in [0.15, 0.2) is 42.5 Å². The van der Waals surface area contributed by atoms with Crippen molar-refractivity contribution in [2.24, 2.45) is 0 Å². The molecule has 0 radical (unpaired) electrons. The molecular weight excluding hydrogens is 263 g/mol. The van der Waals surface area contributed by atoms with Gasteiger partial charge >= 0.3 is 0 Å². The second-order valence-corrected chi connectivity index (χ2v) is 4.66. The number of hydrogen-bond acceptors (Lipinski definition) is 2. The average Bonchev–Trinajstić information content (AvgIpc) is 2.41. The Bertz CT molecular complexity index is 634. The van der Waals surface area contributed by atoms with E-state index in [9.17, 15) is 4.39 Å². The van der Waals surface area contributed by atoms with Crippen molar-refractivity contribution in [3.05, 3.63) is 64.4 Å². The van der Waals surface area contributed by atoms with E-state index in [4.69, 9.17) is 16.9 Å². The first kappa shape index (κ1) is 13.4. The molecule has 0 bridgehead atoms. The molecule has 0 spiro atoms. The molecule has 2 rings (SSSR count). The van der Waals surface area contributed by atoms with E-state index in [1.165, 1.54) is 6.07 Å². The molecule has 2 aromatic rings. The van der Waals surface area contributed by atoms with Gasteiger partial charge in [0.2, 0.25) is 0 Å². The van der Waals surface area contributed by atoms with Crippen LogP contribution in [0.2, 0.25) is 5.02 Å². The molecule has 0 aliphatic rings. The Morgan fingerprint density at radius 1 is 1.26 bits per heavy atom. The Hall–Kier alpha value is -2.05. The van der Waals surface area contributed by atoms with E-state index in [-0.39, 0.29) is 5.82 Å². The third-order valence-corrected chi connectivity index (χ3v) is 3.09. The number of para-hydroxylation sites is 1. The van der Waals surface area contributed by atoms with Crippen LogP contribution in [0.3, 0.4) is 0 Å². The summed E-state index contributed by atoms with van der Waals surface area (Å²) in [4.78, 5) is 1.84. The highest BCUT2D eigenvalue weighted by molar-refractivity contribution is 6.30. The fourth-order valence-electron chi connectivity index (χ4n) is 1.89. The molecule has 0 unspecified atom stereocenters. The summed E-state index contributed by atoms with van der Waals surface area (Å²) < 4.78 is 13.7. The van der Waals surface area contributed by atoms with Crippen LogP contribution in [0.5, 0.6) is 0 Å². The van der Waals surface area contributed by atoms with Crippen LogP contribution in [0.25, 0.3) is 0 Å². The van der Waals surface area contributed by atoms with Gasteiger partial charge in [0.15, 0.2) is 0 Å². The van der Waals surface area contributed by atoms with Crippen molar-refractivity contribution in [3.8, 4) is 6.07 Å². The van der Waals surface area contributed by atoms with Crippen molar-refractivity contribution in [2.75, 3.05) is 11.9 Å². The number of hydrogen-bond donors (Lipinski definition) is 0. The molecule has 0 aliphatic heterocycles. The number of benzene rings is 2. The van der Waals surface area contributed by atoms with Crippen molar-refractivity contribution in [1.29, 1.82) is 5.26 Å². The summed E-state index contributed by atoms with van der Waals surface area (Å²) in [5.41, 5.74) is 1.89. The van der Waals surface area contributed by atoms with Crippen molar-refractivity contribution >= 4 is 17.3 Å². The molecule has 0 N–H and O–H groups in total. The number of halogens is 2. The van der Waals surface area contributed by atoms with Crippen molar-refractivity contribution in [3.63, 3.8) is 0 Å². The minimum absolute atomic E-state index is 0.339. The number of rotatable bonds is 3. The predicted molar refractivity (Wildman–Crippen MR) is 74.7 cm³/mol.